The van der Waals surface area contributed by atoms with Crippen LogP contribution in [-0.4, -0.2) is 73.5 Å². The Labute approximate surface area is 165 Å². The molecule has 1 aromatic rings. The zero-order chi connectivity index (χ0) is 17.6. The Morgan fingerprint density at radius 2 is 1.88 bits per heavy atom. The van der Waals surface area contributed by atoms with E-state index in [1.54, 1.807) is 11.3 Å². The number of hydrogen-bond donors (Lipinski definition) is 2. The van der Waals surface area contributed by atoms with E-state index in [0.29, 0.717) is 6.42 Å². The van der Waals surface area contributed by atoms with Crippen molar-refractivity contribution in [1.29, 1.82) is 0 Å². The molecule has 0 saturated carbocycles. The van der Waals surface area contributed by atoms with Crippen molar-refractivity contribution in [1.82, 2.24) is 20.4 Å². The minimum atomic E-state index is 0. The van der Waals surface area contributed by atoms with Crippen LogP contribution in [0.2, 0.25) is 0 Å². The first-order valence-electron chi connectivity index (χ1n) is 9.20. The van der Waals surface area contributed by atoms with Crippen LogP contribution in [0.25, 0.3) is 0 Å². The summed E-state index contributed by atoms with van der Waals surface area (Å²) < 4.78 is 0. The van der Waals surface area contributed by atoms with Gasteiger partial charge in [0, 0.05) is 63.2 Å². The van der Waals surface area contributed by atoms with E-state index in [-0.39, 0.29) is 30.3 Å². The van der Waals surface area contributed by atoms with Crippen LogP contribution >= 0.6 is 23.7 Å². The molecule has 3 heterocycles. The van der Waals surface area contributed by atoms with Crippen molar-refractivity contribution in [3.63, 3.8) is 0 Å². The standard InChI is InChI=1S/C18H28N4O2S.ClH/c1-14-2-3-16(25-14)18(24)20-15-4-9-21(10-5-15)11-6-17(23)22-12-7-19-8-13-22;/h2-3,15,19H,4-13H2,1H3,(H,20,24);1H. The van der Waals surface area contributed by atoms with Crippen molar-refractivity contribution < 1.29 is 9.59 Å². The van der Waals surface area contributed by atoms with Crippen molar-refractivity contribution in [3.8, 4) is 0 Å². The first-order chi connectivity index (χ1) is 12.1. The molecule has 0 radical (unpaired) electrons. The van der Waals surface area contributed by atoms with Crippen molar-refractivity contribution >= 4 is 35.6 Å². The highest BCUT2D eigenvalue weighted by atomic mass is 35.5. The molecule has 8 heteroatoms. The molecule has 2 N–H and O–H groups in total. The Morgan fingerprint density at radius 3 is 2.50 bits per heavy atom. The van der Waals surface area contributed by atoms with Gasteiger partial charge in [-0.25, -0.2) is 0 Å². The Hall–Kier alpha value is -1.15. The Bertz CT molecular complexity index is 596. The molecule has 3 rings (SSSR count). The lowest BCUT2D eigenvalue weighted by atomic mass is 10.0. The lowest BCUT2D eigenvalue weighted by molar-refractivity contribution is -0.132. The zero-order valence-electron chi connectivity index (χ0n) is 15.3. The predicted molar refractivity (Wildman–Crippen MR) is 107 cm³/mol. The molecule has 2 amide bonds. The average Bonchev–Trinajstić information content (AvgIpc) is 3.08. The minimum absolute atomic E-state index is 0. The molecular formula is C18H29ClN4O2S. The van der Waals surface area contributed by atoms with Crippen LogP contribution in [0.5, 0.6) is 0 Å². The summed E-state index contributed by atoms with van der Waals surface area (Å²) in [5, 5.41) is 6.42. The molecule has 146 valence electrons. The molecule has 1 aromatic heterocycles. The molecule has 0 aliphatic carbocycles. The van der Waals surface area contributed by atoms with Crippen LogP contribution in [0.15, 0.2) is 12.1 Å². The second-order valence-electron chi connectivity index (χ2n) is 6.88. The monoisotopic (exact) mass is 400 g/mol. The van der Waals surface area contributed by atoms with E-state index in [2.05, 4.69) is 15.5 Å². The SMILES string of the molecule is Cc1ccc(C(=O)NC2CCN(CCC(=O)N3CCNCC3)CC2)s1.Cl. The molecule has 2 fully saturated rings. The molecule has 0 bridgehead atoms. The summed E-state index contributed by atoms with van der Waals surface area (Å²) in [7, 11) is 0. The number of likely N-dealkylation sites (tertiary alicyclic amines) is 1. The number of hydrogen-bond acceptors (Lipinski definition) is 5. The highest BCUT2D eigenvalue weighted by Crippen LogP contribution is 2.17. The number of piperidine rings is 1. The van der Waals surface area contributed by atoms with Gasteiger partial charge in [-0.15, -0.1) is 23.7 Å². The van der Waals surface area contributed by atoms with E-state index < -0.39 is 0 Å². The van der Waals surface area contributed by atoms with Gasteiger partial charge >= 0.3 is 0 Å². The molecule has 2 saturated heterocycles. The average molecular weight is 401 g/mol. The van der Waals surface area contributed by atoms with Crippen LogP contribution in [0.1, 0.15) is 33.8 Å². The zero-order valence-corrected chi connectivity index (χ0v) is 17.0. The fourth-order valence-corrected chi connectivity index (χ4v) is 4.21. The first kappa shape index (κ1) is 21.2. The number of carbonyl (C=O) groups excluding carboxylic acids is 2. The minimum Gasteiger partial charge on any atom is -0.349 e. The van der Waals surface area contributed by atoms with E-state index in [1.165, 1.54) is 0 Å². The van der Waals surface area contributed by atoms with Gasteiger partial charge in [0.1, 0.15) is 0 Å². The van der Waals surface area contributed by atoms with Gasteiger partial charge in [0.05, 0.1) is 4.88 Å². The summed E-state index contributed by atoms with van der Waals surface area (Å²) in [4.78, 5) is 30.7. The lowest BCUT2D eigenvalue weighted by Gasteiger charge is -2.33. The maximum absolute atomic E-state index is 12.2. The molecule has 2 aliphatic rings. The van der Waals surface area contributed by atoms with Gasteiger partial charge in [-0.05, 0) is 31.9 Å². The lowest BCUT2D eigenvalue weighted by Crippen LogP contribution is -2.48. The smallest absolute Gasteiger partial charge is 0.261 e. The van der Waals surface area contributed by atoms with Crippen molar-refractivity contribution in [2.24, 2.45) is 0 Å². The summed E-state index contributed by atoms with van der Waals surface area (Å²) in [6, 6.07) is 4.12. The molecular weight excluding hydrogens is 372 g/mol. The van der Waals surface area contributed by atoms with Crippen LogP contribution < -0.4 is 10.6 Å². The number of halogens is 1. The summed E-state index contributed by atoms with van der Waals surface area (Å²) in [5.74, 6) is 0.315. The number of rotatable bonds is 5. The second kappa shape index (κ2) is 10.3. The highest BCUT2D eigenvalue weighted by Gasteiger charge is 2.23. The van der Waals surface area contributed by atoms with E-state index >= 15 is 0 Å². The third kappa shape index (κ3) is 5.94. The topological polar surface area (TPSA) is 64.7 Å². The van der Waals surface area contributed by atoms with E-state index in [9.17, 15) is 9.59 Å². The normalized spacial score (nSPS) is 19.0. The van der Waals surface area contributed by atoms with Gasteiger partial charge in [-0.3, -0.25) is 9.59 Å². The number of nitrogens with zero attached hydrogens (tertiary/aromatic N) is 2. The Balaban J connectivity index is 0.00000243. The van der Waals surface area contributed by atoms with Gasteiger partial charge in [0.15, 0.2) is 0 Å². The van der Waals surface area contributed by atoms with E-state index in [4.69, 9.17) is 0 Å². The van der Waals surface area contributed by atoms with Gasteiger partial charge in [-0.1, -0.05) is 0 Å². The van der Waals surface area contributed by atoms with Crippen LogP contribution in [-0.2, 0) is 4.79 Å². The van der Waals surface area contributed by atoms with E-state index in [1.807, 2.05) is 24.0 Å². The number of thiophene rings is 1. The van der Waals surface area contributed by atoms with Gasteiger partial charge in [0.25, 0.3) is 5.91 Å². The van der Waals surface area contributed by atoms with Crippen LogP contribution in [0, 0.1) is 6.92 Å². The quantitative estimate of drug-likeness (QED) is 0.786. The van der Waals surface area contributed by atoms with Gasteiger partial charge in [-0.2, -0.15) is 0 Å². The van der Waals surface area contributed by atoms with Gasteiger partial charge < -0.3 is 20.4 Å². The fraction of sp³-hybridized carbons (Fsp3) is 0.667. The third-order valence-corrected chi connectivity index (χ3v) is 6.00. The van der Waals surface area contributed by atoms with Gasteiger partial charge in [0.2, 0.25) is 5.91 Å². The summed E-state index contributed by atoms with van der Waals surface area (Å²) in [5.41, 5.74) is 0. The van der Waals surface area contributed by atoms with Crippen molar-refractivity contribution in [2.75, 3.05) is 45.8 Å². The molecule has 2 aliphatic heterocycles. The maximum Gasteiger partial charge on any atom is 0.261 e. The highest BCUT2D eigenvalue weighted by molar-refractivity contribution is 7.13. The van der Waals surface area contributed by atoms with Crippen molar-refractivity contribution in [3.05, 3.63) is 21.9 Å². The first-order valence-corrected chi connectivity index (χ1v) is 10.0. The molecule has 6 nitrogen and oxygen atoms in total. The van der Waals surface area contributed by atoms with E-state index in [0.717, 1.165) is 68.4 Å². The number of carbonyl (C=O) groups is 2. The van der Waals surface area contributed by atoms with Crippen molar-refractivity contribution in [2.45, 2.75) is 32.2 Å². The Morgan fingerprint density at radius 1 is 1.19 bits per heavy atom. The van der Waals surface area contributed by atoms with Crippen LogP contribution in [0.4, 0.5) is 0 Å². The molecule has 0 aromatic carbocycles. The number of piperazine rings is 1. The number of aryl methyl sites for hydroxylation is 1. The maximum atomic E-state index is 12.2. The summed E-state index contributed by atoms with van der Waals surface area (Å²) >= 11 is 1.54. The molecule has 0 unspecified atom stereocenters. The summed E-state index contributed by atoms with van der Waals surface area (Å²) in [6.07, 6.45) is 2.52. The number of amides is 2. The second-order valence-corrected chi connectivity index (χ2v) is 8.17. The molecule has 0 atom stereocenters. The number of nitrogens with one attached hydrogen (secondary N) is 2. The van der Waals surface area contributed by atoms with Crippen LogP contribution in [0.3, 0.4) is 0 Å². The summed E-state index contributed by atoms with van der Waals surface area (Å²) in [6.45, 7) is 8.20. The third-order valence-electron chi connectivity index (χ3n) is 5.00. The predicted octanol–water partition coefficient (Wildman–Crippen LogP) is 1.49. The molecule has 0 spiro atoms. The Kier molecular flexibility index (Phi) is 8.34. The molecule has 26 heavy (non-hydrogen) atoms. The fourth-order valence-electron chi connectivity index (χ4n) is 3.44. The largest absolute Gasteiger partial charge is 0.349 e.